The molecule has 7 heteroatoms. The number of aromatic carboxylic acids is 1. The van der Waals surface area contributed by atoms with E-state index in [1.807, 2.05) is 4.68 Å². The van der Waals surface area contributed by atoms with Gasteiger partial charge >= 0.3 is 12.0 Å². The summed E-state index contributed by atoms with van der Waals surface area (Å²) in [4.78, 5) is 23.1. The van der Waals surface area contributed by atoms with E-state index in [0.717, 1.165) is 36.3 Å². The van der Waals surface area contributed by atoms with Gasteiger partial charge in [-0.15, -0.1) is 0 Å². The molecule has 0 radical (unpaired) electrons. The molecule has 0 aliphatic rings. The summed E-state index contributed by atoms with van der Waals surface area (Å²) >= 11 is 0. The summed E-state index contributed by atoms with van der Waals surface area (Å²) in [7, 11) is 0. The second-order valence-corrected chi connectivity index (χ2v) is 6.48. The second kappa shape index (κ2) is 9.03. The Kier molecular flexibility index (Phi) is 6.77. The van der Waals surface area contributed by atoms with Gasteiger partial charge in [0.25, 0.3) is 0 Å². The number of urea groups is 1. The van der Waals surface area contributed by atoms with Crippen molar-refractivity contribution >= 4 is 17.7 Å². The molecule has 2 rings (SSSR count). The largest absolute Gasteiger partial charge is 0.478 e. The van der Waals surface area contributed by atoms with E-state index in [9.17, 15) is 9.59 Å². The maximum atomic E-state index is 12.2. The topological polar surface area (TPSA) is 96.3 Å². The van der Waals surface area contributed by atoms with Gasteiger partial charge in [0.2, 0.25) is 0 Å². The van der Waals surface area contributed by atoms with E-state index in [0.29, 0.717) is 6.54 Å². The average Bonchev–Trinajstić information content (AvgIpc) is 3.01. The van der Waals surface area contributed by atoms with Crippen molar-refractivity contribution < 1.29 is 14.7 Å². The monoisotopic (exact) mass is 358 g/mol. The molecule has 0 saturated heterocycles. The highest BCUT2D eigenvalue weighted by atomic mass is 16.4. The molecule has 0 spiro atoms. The molecule has 1 aromatic heterocycles. The molecule has 0 saturated carbocycles. The molecule has 0 atom stereocenters. The van der Waals surface area contributed by atoms with Crippen LogP contribution >= 0.6 is 0 Å². The van der Waals surface area contributed by atoms with Crippen molar-refractivity contribution in [1.29, 1.82) is 0 Å². The fourth-order valence-corrected chi connectivity index (χ4v) is 2.70. The molecule has 2 amide bonds. The molecule has 1 aromatic carbocycles. The third kappa shape index (κ3) is 5.08. The van der Waals surface area contributed by atoms with Crippen molar-refractivity contribution in [2.24, 2.45) is 0 Å². The predicted octanol–water partition coefficient (Wildman–Crippen LogP) is 3.83. The third-order valence-electron chi connectivity index (χ3n) is 4.05. The maximum absolute atomic E-state index is 12.2. The Morgan fingerprint density at radius 2 is 1.92 bits per heavy atom. The van der Waals surface area contributed by atoms with Gasteiger partial charge < -0.3 is 15.7 Å². The number of aryl methyl sites for hydroxylation is 1. The molecule has 0 aliphatic carbocycles. The molecule has 0 bridgehead atoms. The van der Waals surface area contributed by atoms with Gasteiger partial charge in [0.15, 0.2) is 0 Å². The molecule has 1 heterocycles. The summed E-state index contributed by atoms with van der Waals surface area (Å²) in [6, 6.07) is 6.10. The second-order valence-electron chi connectivity index (χ2n) is 6.48. The van der Waals surface area contributed by atoms with E-state index >= 15 is 0 Å². The van der Waals surface area contributed by atoms with Crippen molar-refractivity contribution in [3.8, 4) is 0 Å². The zero-order chi connectivity index (χ0) is 19.1. The number of carbonyl (C=O) groups excluding carboxylic acids is 1. The first kappa shape index (κ1) is 19.5. The van der Waals surface area contributed by atoms with Crippen LogP contribution in [0.2, 0.25) is 0 Å². The summed E-state index contributed by atoms with van der Waals surface area (Å²) < 4.78 is 1.95. The Morgan fingerprint density at radius 3 is 2.50 bits per heavy atom. The van der Waals surface area contributed by atoms with Crippen molar-refractivity contribution in [2.45, 2.75) is 52.6 Å². The lowest BCUT2D eigenvalue weighted by atomic mass is 10.1. The van der Waals surface area contributed by atoms with Gasteiger partial charge in [0.05, 0.1) is 23.1 Å². The Labute approximate surface area is 153 Å². The molecule has 7 nitrogen and oxygen atoms in total. The highest BCUT2D eigenvalue weighted by Gasteiger charge is 2.16. The number of anilines is 1. The Balaban J connectivity index is 1.97. The van der Waals surface area contributed by atoms with Crippen molar-refractivity contribution in [3.63, 3.8) is 0 Å². The molecule has 2 aromatic rings. The van der Waals surface area contributed by atoms with E-state index in [1.165, 1.54) is 12.1 Å². The Hall–Kier alpha value is -2.83. The number of benzene rings is 1. The highest BCUT2D eigenvalue weighted by Crippen LogP contribution is 2.24. The van der Waals surface area contributed by atoms with Crippen LogP contribution in [0.1, 0.15) is 61.1 Å². The number of nitrogens with zero attached hydrogens (tertiary/aromatic N) is 2. The summed E-state index contributed by atoms with van der Waals surface area (Å²) in [5, 5.41) is 18.9. The lowest BCUT2D eigenvalue weighted by Crippen LogP contribution is -2.28. The SMILES string of the molecule is CCCCn1ncc(NC(=O)NCc2ccc(C(=O)O)cc2)c1C(C)C. The molecular formula is C19H26N4O3. The van der Waals surface area contributed by atoms with Crippen LogP contribution in [0.25, 0.3) is 0 Å². The van der Waals surface area contributed by atoms with Crippen LogP contribution in [-0.4, -0.2) is 26.9 Å². The third-order valence-corrected chi connectivity index (χ3v) is 4.05. The van der Waals surface area contributed by atoms with E-state index in [2.05, 4.69) is 36.5 Å². The van der Waals surface area contributed by atoms with E-state index < -0.39 is 5.97 Å². The van der Waals surface area contributed by atoms with Crippen LogP contribution in [0.4, 0.5) is 10.5 Å². The number of aromatic nitrogens is 2. The van der Waals surface area contributed by atoms with Gasteiger partial charge in [-0.3, -0.25) is 4.68 Å². The van der Waals surface area contributed by atoms with Crippen molar-refractivity contribution in [2.75, 3.05) is 5.32 Å². The minimum atomic E-state index is -0.969. The van der Waals surface area contributed by atoms with Gasteiger partial charge in [-0.05, 0) is 30.0 Å². The first-order chi connectivity index (χ1) is 12.4. The molecule has 3 N–H and O–H groups in total. The molecule has 0 aliphatic heterocycles. The first-order valence-electron chi connectivity index (χ1n) is 8.85. The predicted molar refractivity (Wildman–Crippen MR) is 100 cm³/mol. The van der Waals surface area contributed by atoms with Crippen LogP contribution in [0, 0.1) is 0 Å². The summed E-state index contributed by atoms with van der Waals surface area (Å²) in [5.41, 5.74) is 2.78. The number of nitrogens with one attached hydrogen (secondary N) is 2. The fraction of sp³-hybridized carbons (Fsp3) is 0.421. The number of carboxylic acids is 1. The zero-order valence-electron chi connectivity index (χ0n) is 15.5. The summed E-state index contributed by atoms with van der Waals surface area (Å²) in [6.45, 7) is 7.43. The minimum Gasteiger partial charge on any atom is -0.478 e. The number of carboxylic acid groups (broad SMARTS) is 1. The van der Waals surface area contributed by atoms with Crippen LogP contribution in [0.15, 0.2) is 30.5 Å². The van der Waals surface area contributed by atoms with Crippen LogP contribution in [0.3, 0.4) is 0 Å². The first-order valence-corrected chi connectivity index (χ1v) is 8.85. The molecular weight excluding hydrogens is 332 g/mol. The number of carbonyl (C=O) groups is 2. The lowest BCUT2D eigenvalue weighted by Gasteiger charge is -2.13. The van der Waals surface area contributed by atoms with Crippen LogP contribution < -0.4 is 10.6 Å². The number of amides is 2. The quantitative estimate of drug-likeness (QED) is 0.668. The Morgan fingerprint density at radius 1 is 1.23 bits per heavy atom. The number of hydrogen-bond acceptors (Lipinski definition) is 3. The maximum Gasteiger partial charge on any atom is 0.335 e. The molecule has 26 heavy (non-hydrogen) atoms. The molecule has 0 unspecified atom stereocenters. The van der Waals surface area contributed by atoms with Gasteiger partial charge in [-0.2, -0.15) is 5.10 Å². The minimum absolute atomic E-state index is 0.222. The summed E-state index contributed by atoms with van der Waals surface area (Å²) in [5.74, 6) is -0.725. The number of unbranched alkanes of at least 4 members (excludes halogenated alkanes) is 1. The van der Waals surface area contributed by atoms with E-state index in [4.69, 9.17) is 5.11 Å². The normalized spacial score (nSPS) is 10.8. The van der Waals surface area contributed by atoms with Gasteiger partial charge in [-0.25, -0.2) is 9.59 Å². The van der Waals surface area contributed by atoms with Crippen molar-refractivity contribution in [3.05, 3.63) is 47.3 Å². The van der Waals surface area contributed by atoms with Crippen molar-refractivity contribution in [1.82, 2.24) is 15.1 Å². The zero-order valence-corrected chi connectivity index (χ0v) is 15.5. The molecule has 0 fully saturated rings. The fourth-order valence-electron chi connectivity index (χ4n) is 2.70. The number of rotatable bonds is 8. The van der Waals surface area contributed by atoms with Gasteiger partial charge in [-0.1, -0.05) is 39.3 Å². The van der Waals surface area contributed by atoms with Gasteiger partial charge in [0.1, 0.15) is 0 Å². The smallest absolute Gasteiger partial charge is 0.335 e. The summed E-state index contributed by atoms with van der Waals surface area (Å²) in [6.07, 6.45) is 3.81. The lowest BCUT2D eigenvalue weighted by molar-refractivity contribution is 0.0697. The van der Waals surface area contributed by atoms with E-state index in [-0.39, 0.29) is 17.5 Å². The van der Waals surface area contributed by atoms with Gasteiger partial charge in [0, 0.05) is 13.1 Å². The van der Waals surface area contributed by atoms with Crippen LogP contribution in [-0.2, 0) is 13.1 Å². The Bertz CT molecular complexity index is 751. The highest BCUT2D eigenvalue weighted by molar-refractivity contribution is 5.90. The van der Waals surface area contributed by atoms with E-state index in [1.54, 1.807) is 18.3 Å². The standard InChI is InChI=1S/C19H26N4O3/c1-4-5-10-23-17(13(2)3)16(12-21-23)22-19(26)20-11-14-6-8-15(9-7-14)18(24)25/h6-9,12-13H,4-5,10-11H2,1-3H3,(H,24,25)(H2,20,22,26). The van der Waals surface area contributed by atoms with Crippen LogP contribution in [0.5, 0.6) is 0 Å². The number of hydrogen-bond donors (Lipinski definition) is 3. The molecule has 140 valence electrons. The average molecular weight is 358 g/mol.